The Morgan fingerprint density at radius 3 is 2.88 bits per heavy atom. The molecule has 2 atom stereocenters. The molecule has 5 heteroatoms. The molecule has 1 fully saturated rings. The molecule has 0 saturated carbocycles. The van der Waals surface area contributed by atoms with E-state index in [9.17, 15) is 9.90 Å². The first-order valence-corrected chi connectivity index (χ1v) is 9.27. The van der Waals surface area contributed by atoms with Crippen molar-refractivity contribution in [2.24, 2.45) is 5.92 Å². The van der Waals surface area contributed by atoms with Crippen LogP contribution in [0.1, 0.15) is 24.6 Å². The maximum Gasteiger partial charge on any atom is 0.318 e. The molecule has 2 aromatic rings. The summed E-state index contributed by atoms with van der Waals surface area (Å²) in [6.07, 6.45) is 2.96. The van der Waals surface area contributed by atoms with Gasteiger partial charge in [-0.3, -0.25) is 4.79 Å². The number of carboxylic acid groups (broad SMARTS) is 1. The quantitative estimate of drug-likeness (QED) is 0.643. The largest absolute Gasteiger partial charge is 0.480 e. The van der Waals surface area contributed by atoms with Crippen molar-refractivity contribution in [3.05, 3.63) is 47.2 Å². The van der Waals surface area contributed by atoms with Crippen molar-refractivity contribution in [2.75, 3.05) is 33.8 Å². The number of aliphatic carboxylic acids is 1. The second kappa shape index (κ2) is 5.96. The Hall–Kier alpha value is -2.11. The zero-order chi connectivity index (χ0) is 18.5. The van der Waals surface area contributed by atoms with Gasteiger partial charge in [0.1, 0.15) is 12.0 Å². The number of H-pyrrole nitrogens is 1. The lowest BCUT2D eigenvalue weighted by atomic mass is 9.65. The first-order valence-electron chi connectivity index (χ1n) is 9.27. The zero-order valence-corrected chi connectivity index (χ0v) is 15.7. The molecule has 1 aromatic heterocycles. The highest BCUT2D eigenvalue weighted by Gasteiger charge is 2.55. The minimum Gasteiger partial charge on any atom is -0.480 e. The summed E-state index contributed by atoms with van der Waals surface area (Å²) >= 11 is 0. The molecule has 0 amide bonds. The molecule has 138 valence electrons. The number of hydrogen-bond acceptors (Lipinski definition) is 2. The van der Waals surface area contributed by atoms with E-state index in [-0.39, 0.29) is 12.5 Å². The lowest BCUT2D eigenvalue weighted by Gasteiger charge is -2.46. The fraction of sp³-hybridized carbons (Fsp3) is 0.476. The van der Waals surface area contributed by atoms with E-state index in [0.717, 1.165) is 46.2 Å². The third kappa shape index (κ3) is 2.42. The number of nitrogens with one attached hydrogen (secondary N) is 1. The van der Waals surface area contributed by atoms with Crippen LogP contribution in [0, 0.1) is 5.92 Å². The third-order valence-electron chi connectivity index (χ3n) is 6.26. The highest BCUT2D eigenvalue weighted by molar-refractivity contribution is 5.90. The van der Waals surface area contributed by atoms with E-state index >= 15 is 0 Å². The Balaban J connectivity index is 1.91. The van der Waals surface area contributed by atoms with Crippen LogP contribution in [0.5, 0.6) is 0 Å². The van der Waals surface area contributed by atoms with Gasteiger partial charge in [0, 0.05) is 34.5 Å². The van der Waals surface area contributed by atoms with E-state index in [4.69, 9.17) is 4.74 Å². The lowest BCUT2D eigenvalue weighted by molar-refractivity contribution is -0.890. The van der Waals surface area contributed by atoms with E-state index in [1.54, 1.807) is 0 Å². The number of piperidine rings is 1. The number of benzene rings is 1. The van der Waals surface area contributed by atoms with Crippen molar-refractivity contribution < 1.29 is 19.1 Å². The molecule has 0 radical (unpaired) electrons. The number of hydrogen-bond donors (Lipinski definition) is 2. The fourth-order valence-electron chi connectivity index (χ4n) is 4.91. The van der Waals surface area contributed by atoms with Crippen molar-refractivity contribution in [3.8, 4) is 0 Å². The normalized spacial score (nSPS) is 29.7. The summed E-state index contributed by atoms with van der Waals surface area (Å²) in [5.41, 5.74) is 3.01. The molecule has 0 aliphatic carbocycles. The Bertz CT molecular complexity index is 896. The van der Waals surface area contributed by atoms with Gasteiger partial charge in [-0.1, -0.05) is 24.3 Å². The van der Waals surface area contributed by atoms with E-state index in [2.05, 4.69) is 25.2 Å². The van der Waals surface area contributed by atoms with Crippen LogP contribution in [0.2, 0.25) is 0 Å². The summed E-state index contributed by atoms with van der Waals surface area (Å²) in [5.74, 6) is -0.843. The number of allylic oxidation sites excluding steroid dienone is 1. The fourth-order valence-corrected chi connectivity index (χ4v) is 4.91. The van der Waals surface area contributed by atoms with Gasteiger partial charge in [-0.25, -0.2) is 0 Å². The number of likely N-dealkylation sites (tertiary alicyclic amines) is 1. The Morgan fingerprint density at radius 1 is 1.38 bits per heavy atom. The molecule has 2 aliphatic heterocycles. The van der Waals surface area contributed by atoms with Crippen LogP contribution in [-0.4, -0.2) is 54.3 Å². The van der Waals surface area contributed by atoms with Crippen LogP contribution >= 0.6 is 0 Å². The van der Waals surface area contributed by atoms with Gasteiger partial charge in [0.15, 0.2) is 0 Å². The molecule has 1 aromatic carbocycles. The van der Waals surface area contributed by atoms with E-state index in [1.807, 2.05) is 31.2 Å². The molecule has 0 spiro atoms. The molecule has 5 nitrogen and oxygen atoms in total. The number of aromatic nitrogens is 1. The number of rotatable bonds is 2. The number of aromatic amines is 1. The van der Waals surface area contributed by atoms with Gasteiger partial charge in [-0.2, -0.15) is 0 Å². The molecule has 4 rings (SSSR count). The van der Waals surface area contributed by atoms with E-state index in [0.29, 0.717) is 6.61 Å². The maximum absolute atomic E-state index is 12.7. The van der Waals surface area contributed by atoms with Crippen molar-refractivity contribution in [1.82, 2.24) is 4.98 Å². The maximum atomic E-state index is 12.7. The molecule has 1 unspecified atom stereocenters. The highest BCUT2D eigenvalue weighted by atomic mass is 16.5. The predicted molar refractivity (Wildman–Crippen MR) is 101 cm³/mol. The number of carbonyl (C=O) groups is 1. The van der Waals surface area contributed by atoms with Crippen LogP contribution in [0.15, 0.2) is 35.9 Å². The molecule has 26 heavy (non-hydrogen) atoms. The number of carboxylic acids is 1. The molecular formula is C21H27N2O3+. The second-order valence-corrected chi connectivity index (χ2v) is 8.32. The molecule has 1 saturated heterocycles. The highest BCUT2D eigenvalue weighted by Crippen LogP contribution is 2.47. The van der Waals surface area contributed by atoms with Crippen LogP contribution in [0.3, 0.4) is 0 Å². The van der Waals surface area contributed by atoms with Crippen LogP contribution in [-0.2, 0) is 21.6 Å². The van der Waals surface area contributed by atoms with Gasteiger partial charge in [0.2, 0.25) is 0 Å². The number of nitrogens with zero attached hydrogens (tertiary/aromatic N) is 1. The molecule has 3 heterocycles. The minimum atomic E-state index is -1.05. The van der Waals surface area contributed by atoms with Crippen molar-refractivity contribution in [3.63, 3.8) is 0 Å². The first-order chi connectivity index (χ1) is 12.4. The first kappa shape index (κ1) is 17.3. The van der Waals surface area contributed by atoms with Crippen molar-refractivity contribution in [2.45, 2.75) is 25.4 Å². The van der Waals surface area contributed by atoms with E-state index < -0.39 is 11.4 Å². The summed E-state index contributed by atoms with van der Waals surface area (Å²) < 4.78 is 6.80. The molecule has 0 bridgehead atoms. The van der Waals surface area contributed by atoms with Gasteiger partial charge in [0.25, 0.3) is 0 Å². The number of ether oxygens (including phenoxy) is 1. The number of likely N-dealkylation sites (N-methyl/N-ethyl adjacent to an activating group) is 1. The van der Waals surface area contributed by atoms with Gasteiger partial charge in [-0.05, 0) is 18.6 Å². The number of para-hydroxylation sites is 1. The zero-order valence-electron chi connectivity index (χ0n) is 15.7. The Morgan fingerprint density at radius 2 is 2.15 bits per heavy atom. The predicted octanol–water partition coefficient (Wildman–Crippen LogP) is 3.06. The summed E-state index contributed by atoms with van der Waals surface area (Å²) in [5, 5.41) is 11.5. The minimum absolute atomic E-state index is 0.0525. The average molecular weight is 355 g/mol. The Kier molecular flexibility index (Phi) is 3.97. The van der Waals surface area contributed by atoms with Crippen LogP contribution in [0.4, 0.5) is 0 Å². The average Bonchev–Trinajstić information content (AvgIpc) is 3.00. The molecule has 2 N–H and O–H groups in total. The van der Waals surface area contributed by atoms with Gasteiger partial charge in [-0.15, -0.1) is 0 Å². The Labute approximate surface area is 153 Å². The summed E-state index contributed by atoms with van der Waals surface area (Å²) in [4.78, 5) is 16.2. The smallest absolute Gasteiger partial charge is 0.318 e. The summed E-state index contributed by atoms with van der Waals surface area (Å²) in [7, 11) is 4.41. The topological polar surface area (TPSA) is 62.3 Å². The standard InChI is InChI=1S/C21H26N2O3/c1-4-14-11-23(2,3)10-9-17(14)21(20(24)25)13-26-12-16-15-7-5-6-8-18(15)22-19(16)21/h4-8,17,22H,9-13H2,1-3H3/p+1/b14-4-/t17?,21-/m0/s1. The van der Waals surface area contributed by atoms with Gasteiger partial charge in [0.05, 0.1) is 33.9 Å². The number of fused-ring (bicyclic) bond motifs is 3. The molecular weight excluding hydrogens is 328 g/mol. The van der Waals surface area contributed by atoms with Gasteiger partial charge < -0.3 is 19.3 Å². The van der Waals surface area contributed by atoms with Crippen LogP contribution in [0.25, 0.3) is 10.9 Å². The second-order valence-electron chi connectivity index (χ2n) is 8.32. The summed E-state index contributed by atoms with van der Waals surface area (Å²) in [6.45, 7) is 4.56. The number of quaternary nitrogens is 1. The SMILES string of the molecule is C/C=C1/C[N+](C)(C)CCC1[C@@]1(C(=O)O)COCc2c1[nH]c1ccccc21. The third-order valence-corrected chi connectivity index (χ3v) is 6.26. The van der Waals surface area contributed by atoms with Crippen molar-refractivity contribution >= 4 is 16.9 Å². The molecule has 2 aliphatic rings. The van der Waals surface area contributed by atoms with E-state index in [1.165, 1.54) is 5.57 Å². The lowest BCUT2D eigenvalue weighted by Crippen LogP contribution is -2.57. The monoisotopic (exact) mass is 355 g/mol. The van der Waals surface area contributed by atoms with Gasteiger partial charge >= 0.3 is 5.97 Å². The van der Waals surface area contributed by atoms with Crippen molar-refractivity contribution in [1.29, 1.82) is 0 Å². The summed E-state index contributed by atoms with van der Waals surface area (Å²) in [6, 6.07) is 8.03. The van der Waals surface area contributed by atoms with Crippen LogP contribution < -0.4 is 0 Å².